The molecule has 0 aromatic heterocycles. The van der Waals surface area contributed by atoms with Crippen LogP contribution in [0, 0.1) is 0 Å². The number of nitrogens with zero attached hydrogens (tertiary/aromatic N) is 1. The smallest absolute Gasteiger partial charge is 0.00804 e. The van der Waals surface area contributed by atoms with Crippen molar-refractivity contribution in [3.05, 3.63) is 0 Å². The number of nitrogens with one attached hydrogen (secondary N) is 1. The minimum absolute atomic E-state index is 1.07. The van der Waals surface area contributed by atoms with Gasteiger partial charge >= 0.3 is 0 Å². The summed E-state index contributed by atoms with van der Waals surface area (Å²) in [6.45, 7) is 3.14. The van der Waals surface area contributed by atoms with E-state index in [-0.39, 0.29) is 0 Å². The maximum Gasteiger partial charge on any atom is -0.00804 e. The highest BCUT2D eigenvalue weighted by atomic mass is 15.0. The second kappa shape index (κ2) is 10.0. The van der Waals surface area contributed by atoms with Gasteiger partial charge in [0, 0.05) is 0 Å². The van der Waals surface area contributed by atoms with Crippen molar-refractivity contribution in [2.75, 3.05) is 34.7 Å². The van der Waals surface area contributed by atoms with Gasteiger partial charge in [-0.3, -0.25) is 0 Å². The number of hydrogen-bond donors (Lipinski definition) is 1. The van der Waals surface area contributed by atoms with Crippen molar-refractivity contribution < 1.29 is 0 Å². The largest absolute Gasteiger partial charge is 0.320 e. The van der Waals surface area contributed by atoms with Gasteiger partial charge in [0.1, 0.15) is 0 Å². The second-order valence-electron chi connectivity index (χ2n) is 2.05. The van der Waals surface area contributed by atoms with Crippen LogP contribution >= 0.6 is 0 Å². The molecule has 2 nitrogen and oxygen atoms in total. The first-order valence-corrected chi connectivity index (χ1v) is 2.90. The third-order valence-corrected chi connectivity index (χ3v) is 0.354. The Hall–Kier alpha value is -0.0800. The Balaban J connectivity index is 0. The van der Waals surface area contributed by atoms with Gasteiger partial charge in [-0.1, -0.05) is 6.92 Å². The highest BCUT2D eigenvalue weighted by Crippen LogP contribution is 1.47. The standard InChI is InChI=1S/2C3H9N/c1-4(2)3;1-3-4-2/h1-3H3;4H,3H2,1-2H3. The monoisotopic (exact) mass is 118 g/mol. The van der Waals surface area contributed by atoms with E-state index < -0.39 is 0 Å². The summed E-state index contributed by atoms with van der Waals surface area (Å²) in [6.07, 6.45) is 0. The fourth-order valence-electron chi connectivity index (χ4n) is 0. The molecule has 0 aromatic carbocycles. The van der Waals surface area contributed by atoms with Crippen LogP contribution in [0.15, 0.2) is 0 Å². The zero-order valence-corrected chi connectivity index (χ0v) is 6.65. The lowest BCUT2D eigenvalue weighted by molar-refractivity contribution is 0.505. The van der Waals surface area contributed by atoms with E-state index in [9.17, 15) is 0 Å². The van der Waals surface area contributed by atoms with E-state index in [0.717, 1.165) is 6.54 Å². The topological polar surface area (TPSA) is 15.3 Å². The molecule has 0 atom stereocenters. The van der Waals surface area contributed by atoms with Crippen molar-refractivity contribution in [3.63, 3.8) is 0 Å². The molecule has 0 aliphatic carbocycles. The average Bonchev–Trinajstić information content (AvgIpc) is 1.65. The zero-order valence-electron chi connectivity index (χ0n) is 6.65. The van der Waals surface area contributed by atoms with Crippen molar-refractivity contribution in [2.45, 2.75) is 6.92 Å². The molecule has 2 heteroatoms. The molecule has 0 saturated carbocycles. The first-order chi connectivity index (χ1) is 3.65. The van der Waals surface area contributed by atoms with E-state index in [1.54, 1.807) is 0 Å². The van der Waals surface area contributed by atoms with Gasteiger partial charge in [-0.2, -0.15) is 0 Å². The molecule has 0 heterocycles. The fourth-order valence-corrected chi connectivity index (χ4v) is 0. The van der Waals surface area contributed by atoms with Crippen LogP contribution in [0.2, 0.25) is 0 Å². The van der Waals surface area contributed by atoms with Crippen LogP contribution in [0.3, 0.4) is 0 Å². The van der Waals surface area contributed by atoms with Gasteiger partial charge in [0.25, 0.3) is 0 Å². The molecule has 0 bridgehead atoms. The maximum absolute atomic E-state index is 2.93. The Morgan fingerprint density at radius 1 is 1.25 bits per heavy atom. The summed E-state index contributed by atoms with van der Waals surface area (Å²) < 4.78 is 0. The third-order valence-electron chi connectivity index (χ3n) is 0.354. The summed E-state index contributed by atoms with van der Waals surface area (Å²) in [6, 6.07) is 0. The average molecular weight is 118 g/mol. The highest BCUT2D eigenvalue weighted by molar-refractivity contribution is 4.15. The van der Waals surface area contributed by atoms with Crippen LogP contribution in [0.4, 0.5) is 0 Å². The highest BCUT2D eigenvalue weighted by Gasteiger charge is 1.58. The van der Waals surface area contributed by atoms with Gasteiger partial charge in [-0.05, 0) is 34.7 Å². The third kappa shape index (κ3) is 169. The first-order valence-electron chi connectivity index (χ1n) is 2.90. The van der Waals surface area contributed by atoms with E-state index in [2.05, 4.69) is 12.2 Å². The van der Waals surface area contributed by atoms with E-state index in [0.29, 0.717) is 0 Å². The molecule has 52 valence electrons. The molecule has 0 unspecified atom stereocenters. The van der Waals surface area contributed by atoms with E-state index >= 15 is 0 Å². The lowest BCUT2D eigenvalue weighted by Crippen LogP contribution is -2.01. The van der Waals surface area contributed by atoms with Gasteiger partial charge in [0.15, 0.2) is 0 Å². The Morgan fingerprint density at radius 2 is 1.38 bits per heavy atom. The van der Waals surface area contributed by atoms with Crippen molar-refractivity contribution in [1.82, 2.24) is 10.2 Å². The molecule has 1 N–H and O–H groups in total. The first kappa shape index (κ1) is 10.8. The predicted octanol–water partition coefficient (Wildman–Crippen LogP) is 0.403. The lowest BCUT2D eigenvalue weighted by atomic mass is 10.8. The minimum atomic E-state index is 1.07. The molecule has 0 rings (SSSR count). The van der Waals surface area contributed by atoms with Gasteiger partial charge in [0.05, 0.1) is 0 Å². The molecule has 0 aromatic rings. The van der Waals surface area contributed by atoms with Crippen LogP contribution in [-0.2, 0) is 0 Å². The molecule has 8 heavy (non-hydrogen) atoms. The summed E-state index contributed by atoms with van der Waals surface area (Å²) in [4.78, 5) is 2.00. The van der Waals surface area contributed by atoms with E-state index in [1.165, 1.54) is 0 Å². The summed E-state index contributed by atoms with van der Waals surface area (Å²) >= 11 is 0. The zero-order chi connectivity index (χ0) is 6.99. The van der Waals surface area contributed by atoms with Crippen molar-refractivity contribution in [3.8, 4) is 0 Å². The normalized spacial score (nSPS) is 8.25. The van der Waals surface area contributed by atoms with E-state index in [1.807, 2.05) is 33.1 Å². The van der Waals surface area contributed by atoms with Crippen molar-refractivity contribution in [2.24, 2.45) is 0 Å². The summed E-state index contributed by atoms with van der Waals surface area (Å²) in [5.41, 5.74) is 0. The molecule has 0 fully saturated rings. The lowest BCUT2D eigenvalue weighted by Gasteiger charge is -1.90. The van der Waals surface area contributed by atoms with Gasteiger partial charge in [-0.25, -0.2) is 0 Å². The van der Waals surface area contributed by atoms with Crippen LogP contribution in [-0.4, -0.2) is 39.6 Å². The Labute approximate surface area is 52.9 Å². The van der Waals surface area contributed by atoms with Gasteiger partial charge in [0.2, 0.25) is 0 Å². The molecule has 0 aliphatic heterocycles. The Morgan fingerprint density at radius 3 is 1.38 bits per heavy atom. The van der Waals surface area contributed by atoms with Crippen LogP contribution in [0.5, 0.6) is 0 Å². The van der Waals surface area contributed by atoms with Crippen molar-refractivity contribution >= 4 is 0 Å². The minimum Gasteiger partial charge on any atom is -0.320 e. The van der Waals surface area contributed by atoms with Crippen LogP contribution < -0.4 is 5.32 Å². The maximum atomic E-state index is 2.93. The molecule has 0 saturated heterocycles. The fraction of sp³-hybridized carbons (Fsp3) is 1.00. The molecular formula is C6H18N2. The predicted molar refractivity (Wildman–Crippen MR) is 39.2 cm³/mol. The summed E-state index contributed by atoms with van der Waals surface area (Å²) in [7, 11) is 7.93. The Bertz CT molecular complexity index is 23.0. The second-order valence-corrected chi connectivity index (χ2v) is 2.05. The van der Waals surface area contributed by atoms with Crippen LogP contribution in [0.25, 0.3) is 0 Å². The Kier molecular flexibility index (Phi) is 13.6. The number of rotatable bonds is 1. The van der Waals surface area contributed by atoms with Crippen molar-refractivity contribution in [1.29, 1.82) is 0 Å². The van der Waals surface area contributed by atoms with Gasteiger partial charge < -0.3 is 10.2 Å². The molecule has 0 radical (unpaired) electrons. The summed E-state index contributed by atoms with van der Waals surface area (Å²) in [5, 5.41) is 2.93. The van der Waals surface area contributed by atoms with Gasteiger partial charge in [-0.15, -0.1) is 0 Å². The SMILES string of the molecule is CCNC.CN(C)C. The molecule has 0 amide bonds. The summed E-state index contributed by atoms with van der Waals surface area (Å²) in [5.74, 6) is 0. The molecule has 0 aliphatic rings. The number of hydrogen-bond acceptors (Lipinski definition) is 2. The quantitative estimate of drug-likeness (QED) is 0.536. The molecule has 0 spiro atoms. The van der Waals surface area contributed by atoms with Crippen LogP contribution in [0.1, 0.15) is 6.92 Å². The molecular weight excluding hydrogens is 100 g/mol. The van der Waals surface area contributed by atoms with E-state index in [4.69, 9.17) is 0 Å².